The lowest BCUT2D eigenvalue weighted by molar-refractivity contribution is 0.0936. The minimum atomic E-state index is -0.682. The summed E-state index contributed by atoms with van der Waals surface area (Å²) >= 11 is 5.87. The van der Waals surface area contributed by atoms with Crippen LogP contribution in [0.4, 0.5) is 0 Å². The van der Waals surface area contributed by atoms with E-state index in [9.17, 15) is 9.59 Å². The quantitative estimate of drug-likeness (QED) is 0.718. The van der Waals surface area contributed by atoms with Gasteiger partial charge in [0.25, 0.3) is 5.91 Å². The van der Waals surface area contributed by atoms with Gasteiger partial charge in [0.15, 0.2) is 0 Å². The van der Waals surface area contributed by atoms with E-state index in [1.807, 2.05) is 19.1 Å². The zero-order valence-electron chi connectivity index (χ0n) is 13.7. The predicted molar refractivity (Wildman–Crippen MR) is 96.4 cm³/mol. The minimum Gasteiger partial charge on any atom is -0.497 e. The second-order valence-corrected chi connectivity index (χ2v) is 6.03. The van der Waals surface area contributed by atoms with Gasteiger partial charge in [-0.2, -0.15) is 0 Å². The van der Waals surface area contributed by atoms with E-state index in [2.05, 4.69) is 5.32 Å². The van der Waals surface area contributed by atoms with Crippen molar-refractivity contribution in [2.24, 2.45) is 0 Å². The summed E-state index contributed by atoms with van der Waals surface area (Å²) in [5.41, 5.74) is 0.540. The molecule has 6 heteroatoms. The Kier molecular flexibility index (Phi) is 4.76. The summed E-state index contributed by atoms with van der Waals surface area (Å²) in [5, 5.41) is 4.02. The van der Waals surface area contributed by atoms with Crippen molar-refractivity contribution >= 4 is 28.5 Å². The maximum atomic E-state index is 12.5. The molecule has 1 N–H and O–H groups in total. The van der Waals surface area contributed by atoms with Gasteiger partial charge in [0.05, 0.1) is 13.2 Å². The van der Waals surface area contributed by atoms with Crippen LogP contribution >= 0.6 is 11.6 Å². The van der Waals surface area contributed by atoms with E-state index in [1.54, 1.807) is 37.4 Å². The van der Waals surface area contributed by atoms with Crippen molar-refractivity contribution in [2.75, 3.05) is 7.11 Å². The lowest BCUT2D eigenvalue weighted by atomic mass is 10.1. The lowest BCUT2D eigenvalue weighted by Gasteiger charge is -2.14. The zero-order valence-corrected chi connectivity index (χ0v) is 14.5. The van der Waals surface area contributed by atoms with Crippen LogP contribution in [-0.2, 0) is 0 Å². The molecule has 0 bridgehead atoms. The number of benzene rings is 2. The fraction of sp³-hybridized carbons (Fsp3) is 0.158. The maximum absolute atomic E-state index is 12.5. The number of methoxy groups -OCH3 is 1. The first-order valence-corrected chi connectivity index (χ1v) is 8.04. The van der Waals surface area contributed by atoms with Gasteiger partial charge in [0.1, 0.15) is 16.9 Å². The molecule has 0 fully saturated rings. The zero-order chi connectivity index (χ0) is 18.0. The molecule has 128 valence electrons. The van der Waals surface area contributed by atoms with Crippen LogP contribution in [-0.4, -0.2) is 13.0 Å². The van der Waals surface area contributed by atoms with Crippen LogP contribution in [0.2, 0.25) is 5.02 Å². The molecule has 0 saturated heterocycles. The first-order chi connectivity index (χ1) is 12.0. The van der Waals surface area contributed by atoms with Gasteiger partial charge in [-0.15, -0.1) is 0 Å². The molecular formula is C19H16ClNO4. The van der Waals surface area contributed by atoms with E-state index in [-0.39, 0.29) is 11.6 Å². The number of rotatable bonds is 4. The molecule has 25 heavy (non-hydrogen) atoms. The summed E-state index contributed by atoms with van der Waals surface area (Å²) in [5.74, 6) is 0.114. The molecule has 0 aliphatic carbocycles. The van der Waals surface area contributed by atoms with Crippen LogP contribution in [0.1, 0.15) is 28.9 Å². The molecule has 0 aliphatic heterocycles. The number of amides is 1. The summed E-state index contributed by atoms with van der Waals surface area (Å²) in [6.07, 6.45) is 0. The van der Waals surface area contributed by atoms with Crippen LogP contribution in [0, 0.1) is 0 Å². The van der Waals surface area contributed by atoms with Gasteiger partial charge in [-0.25, -0.2) is 4.79 Å². The minimum absolute atomic E-state index is 0.0541. The fourth-order valence-electron chi connectivity index (χ4n) is 2.50. The third kappa shape index (κ3) is 3.67. The standard InChI is InChI=1S/C19H16ClNO4/c1-11(12-3-5-14(20)6-4-12)21-18(22)16-10-13-9-15(24-2)7-8-17(13)25-19(16)23/h3-11H,1-2H3,(H,21,22)/t11-/m0/s1. The predicted octanol–water partition coefficient (Wildman–Crippen LogP) is 3.95. The second-order valence-electron chi connectivity index (χ2n) is 5.60. The average molecular weight is 358 g/mol. The summed E-state index contributed by atoms with van der Waals surface area (Å²) in [6.45, 7) is 1.83. The molecule has 1 heterocycles. The van der Waals surface area contributed by atoms with E-state index in [0.717, 1.165) is 5.56 Å². The van der Waals surface area contributed by atoms with Crippen molar-refractivity contribution in [1.82, 2.24) is 5.32 Å². The molecule has 1 aromatic heterocycles. The Balaban J connectivity index is 1.89. The topological polar surface area (TPSA) is 68.5 Å². The number of fused-ring (bicyclic) bond motifs is 1. The van der Waals surface area contributed by atoms with Crippen molar-refractivity contribution in [1.29, 1.82) is 0 Å². The van der Waals surface area contributed by atoms with E-state index in [0.29, 0.717) is 21.7 Å². The van der Waals surface area contributed by atoms with E-state index in [4.69, 9.17) is 20.8 Å². The summed E-state index contributed by atoms with van der Waals surface area (Å²) in [7, 11) is 1.54. The van der Waals surface area contributed by atoms with Crippen molar-refractivity contribution in [3.8, 4) is 5.75 Å². The van der Waals surface area contributed by atoms with Crippen molar-refractivity contribution in [3.05, 3.63) is 75.1 Å². The molecule has 0 saturated carbocycles. The molecule has 0 unspecified atom stereocenters. The van der Waals surface area contributed by atoms with Gasteiger partial charge in [-0.3, -0.25) is 4.79 Å². The number of halogens is 1. The third-order valence-electron chi connectivity index (χ3n) is 3.90. The Morgan fingerprint density at radius 3 is 2.56 bits per heavy atom. The lowest BCUT2D eigenvalue weighted by Crippen LogP contribution is -2.30. The molecule has 1 atom stereocenters. The van der Waals surface area contributed by atoms with Gasteiger partial charge in [0, 0.05) is 10.4 Å². The van der Waals surface area contributed by atoms with Crippen LogP contribution in [0.25, 0.3) is 11.0 Å². The van der Waals surface area contributed by atoms with Gasteiger partial charge >= 0.3 is 5.63 Å². The summed E-state index contributed by atoms with van der Waals surface area (Å²) < 4.78 is 10.4. The van der Waals surface area contributed by atoms with Crippen LogP contribution in [0.3, 0.4) is 0 Å². The highest BCUT2D eigenvalue weighted by Gasteiger charge is 2.17. The number of carbonyl (C=O) groups is 1. The second kappa shape index (κ2) is 6.99. The summed E-state index contributed by atoms with van der Waals surface area (Å²) in [4.78, 5) is 24.6. The Morgan fingerprint density at radius 1 is 1.16 bits per heavy atom. The SMILES string of the molecule is COc1ccc2oc(=O)c(C(=O)N[C@@H](C)c3ccc(Cl)cc3)cc2c1. The first kappa shape index (κ1) is 17.0. The van der Waals surface area contributed by atoms with Crippen LogP contribution in [0.5, 0.6) is 5.75 Å². The van der Waals surface area contributed by atoms with E-state index < -0.39 is 11.5 Å². The highest BCUT2D eigenvalue weighted by molar-refractivity contribution is 6.30. The molecule has 2 aromatic carbocycles. The van der Waals surface area contributed by atoms with E-state index in [1.165, 1.54) is 6.07 Å². The number of ether oxygens (including phenoxy) is 1. The molecule has 3 aromatic rings. The number of hydrogen-bond donors (Lipinski definition) is 1. The molecule has 3 rings (SSSR count). The Labute approximate surface area is 149 Å². The van der Waals surface area contributed by atoms with Gasteiger partial charge in [0.2, 0.25) is 0 Å². The first-order valence-electron chi connectivity index (χ1n) is 7.66. The Bertz CT molecular complexity index is 979. The van der Waals surface area contributed by atoms with Crippen molar-refractivity contribution < 1.29 is 13.9 Å². The molecule has 1 amide bonds. The highest BCUT2D eigenvalue weighted by atomic mass is 35.5. The van der Waals surface area contributed by atoms with Gasteiger partial charge < -0.3 is 14.5 Å². The van der Waals surface area contributed by atoms with Crippen LogP contribution in [0.15, 0.2) is 57.7 Å². The number of carbonyl (C=O) groups excluding carboxylic acids is 1. The molecule has 5 nitrogen and oxygen atoms in total. The molecule has 0 spiro atoms. The third-order valence-corrected chi connectivity index (χ3v) is 4.15. The largest absolute Gasteiger partial charge is 0.497 e. The number of hydrogen-bond acceptors (Lipinski definition) is 4. The Hall–Kier alpha value is -2.79. The van der Waals surface area contributed by atoms with Crippen molar-refractivity contribution in [3.63, 3.8) is 0 Å². The van der Waals surface area contributed by atoms with Crippen LogP contribution < -0.4 is 15.7 Å². The maximum Gasteiger partial charge on any atom is 0.349 e. The van der Waals surface area contributed by atoms with Crippen molar-refractivity contribution in [2.45, 2.75) is 13.0 Å². The molecule has 0 aliphatic rings. The number of nitrogens with one attached hydrogen (secondary N) is 1. The van der Waals surface area contributed by atoms with E-state index >= 15 is 0 Å². The molecule has 0 radical (unpaired) electrons. The Morgan fingerprint density at radius 2 is 1.88 bits per heavy atom. The van der Waals surface area contributed by atoms with Gasteiger partial charge in [-0.1, -0.05) is 23.7 Å². The van der Waals surface area contributed by atoms with Gasteiger partial charge in [-0.05, 0) is 48.9 Å². The average Bonchev–Trinajstić information content (AvgIpc) is 2.61. The normalized spacial score (nSPS) is 12.0. The summed E-state index contributed by atoms with van der Waals surface area (Å²) in [6, 6.07) is 13.4. The monoisotopic (exact) mass is 357 g/mol. The smallest absolute Gasteiger partial charge is 0.349 e. The highest BCUT2D eigenvalue weighted by Crippen LogP contribution is 2.21. The molecular weight excluding hydrogens is 342 g/mol. The fourth-order valence-corrected chi connectivity index (χ4v) is 2.62.